The molecule has 0 aromatic carbocycles. The van der Waals surface area contributed by atoms with Crippen molar-refractivity contribution in [2.24, 2.45) is 11.8 Å². The van der Waals surface area contributed by atoms with Gasteiger partial charge in [-0.15, -0.1) is 0 Å². The zero-order valence-electron chi connectivity index (χ0n) is 12.7. The van der Waals surface area contributed by atoms with Crippen LogP contribution < -0.4 is 5.32 Å². The number of carbonyl (C=O) groups excluding carboxylic acids is 1. The molecular weight excluding hydrogens is 254 g/mol. The number of aliphatic hydroxyl groups is 1. The van der Waals surface area contributed by atoms with Crippen molar-refractivity contribution in [2.45, 2.75) is 63.9 Å². The predicted octanol–water partition coefficient (Wildman–Crippen LogP) is 2.25. The second-order valence-corrected chi connectivity index (χ2v) is 6.53. The summed E-state index contributed by atoms with van der Waals surface area (Å²) in [5.74, 6) is 0.702. The molecule has 0 saturated heterocycles. The third-order valence-corrected chi connectivity index (χ3v) is 4.90. The summed E-state index contributed by atoms with van der Waals surface area (Å²) in [5.41, 5.74) is -0.623. The largest absolute Gasteiger partial charge is 0.466 e. The number of nitrogens with one attached hydrogen (secondary N) is 1. The van der Waals surface area contributed by atoms with E-state index in [1.54, 1.807) is 0 Å². The van der Waals surface area contributed by atoms with E-state index in [2.05, 4.69) is 5.32 Å². The molecule has 2 saturated carbocycles. The van der Waals surface area contributed by atoms with Crippen molar-refractivity contribution in [3.05, 3.63) is 0 Å². The summed E-state index contributed by atoms with van der Waals surface area (Å²) >= 11 is 0. The first kappa shape index (κ1) is 15.8. The molecule has 2 rings (SSSR count). The van der Waals surface area contributed by atoms with E-state index in [4.69, 9.17) is 4.74 Å². The van der Waals surface area contributed by atoms with Gasteiger partial charge in [-0.25, -0.2) is 0 Å². The van der Waals surface area contributed by atoms with E-state index in [0.717, 1.165) is 25.3 Å². The average molecular weight is 283 g/mol. The number of carbonyl (C=O) groups is 1. The first-order chi connectivity index (χ1) is 9.63. The molecule has 116 valence electrons. The summed E-state index contributed by atoms with van der Waals surface area (Å²) < 4.78 is 5.06. The van der Waals surface area contributed by atoms with Gasteiger partial charge >= 0.3 is 5.97 Å². The van der Waals surface area contributed by atoms with Crippen LogP contribution in [0.4, 0.5) is 0 Å². The Labute approximate surface area is 122 Å². The molecule has 0 atom stereocenters. The van der Waals surface area contributed by atoms with Gasteiger partial charge in [-0.2, -0.15) is 0 Å². The van der Waals surface area contributed by atoms with E-state index < -0.39 is 5.60 Å². The molecule has 0 unspecified atom stereocenters. The Morgan fingerprint density at radius 1 is 1.25 bits per heavy atom. The third kappa shape index (κ3) is 4.45. The van der Waals surface area contributed by atoms with Crippen LogP contribution in [0.3, 0.4) is 0 Å². The summed E-state index contributed by atoms with van der Waals surface area (Å²) in [4.78, 5) is 11.7. The maximum atomic E-state index is 11.7. The van der Waals surface area contributed by atoms with Gasteiger partial charge in [0, 0.05) is 6.54 Å². The van der Waals surface area contributed by atoms with Gasteiger partial charge in [0.15, 0.2) is 0 Å². The van der Waals surface area contributed by atoms with Gasteiger partial charge in [0.25, 0.3) is 0 Å². The molecule has 0 radical (unpaired) electrons. The van der Waals surface area contributed by atoms with Crippen molar-refractivity contribution in [3.63, 3.8) is 0 Å². The lowest BCUT2D eigenvalue weighted by atomic mass is 9.78. The molecular formula is C16H29NO3. The molecule has 0 bridgehead atoms. The first-order valence-corrected chi connectivity index (χ1v) is 8.23. The van der Waals surface area contributed by atoms with Gasteiger partial charge < -0.3 is 15.2 Å². The van der Waals surface area contributed by atoms with Crippen molar-refractivity contribution < 1.29 is 14.6 Å². The Morgan fingerprint density at radius 2 is 1.90 bits per heavy atom. The van der Waals surface area contributed by atoms with Gasteiger partial charge in [0.1, 0.15) is 0 Å². The molecule has 2 fully saturated rings. The van der Waals surface area contributed by atoms with Crippen molar-refractivity contribution in [1.82, 2.24) is 5.32 Å². The molecule has 2 aliphatic rings. The van der Waals surface area contributed by atoms with Gasteiger partial charge in [0.05, 0.1) is 18.1 Å². The highest BCUT2D eigenvalue weighted by Gasteiger charge is 2.36. The second-order valence-electron chi connectivity index (χ2n) is 6.53. The third-order valence-electron chi connectivity index (χ3n) is 4.90. The van der Waals surface area contributed by atoms with Gasteiger partial charge in [-0.3, -0.25) is 4.79 Å². The van der Waals surface area contributed by atoms with E-state index in [-0.39, 0.29) is 11.9 Å². The van der Waals surface area contributed by atoms with E-state index in [9.17, 15) is 9.90 Å². The zero-order chi connectivity index (χ0) is 14.4. The Hall–Kier alpha value is -0.610. The number of rotatable bonds is 6. The molecule has 0 aliphatic heterocycles. The molecule has 4 heteroatoms. The smallest absolute Gasteiger partial charge is 0.308 e. The Bertz CT molecular complexity index is 305. The van der Waals surface area contributed by atoms with Crippen LogP contribution in [0.2, 0.25) is 0 Å². The molecule has 0 aromatic rings. The van der Waals surface area contributed by atoms with E-state index in [1.807, 2.05) is 6.92 Å². The number of hydrogen-bond donors (Lipinski definition) is 2. The lowest BCUT2D eigenvalue weighted by Crippen LogP contribution is -2.45. The van der Waals surface area contributed by atoms with Crippen LogP contribution in [-0.4, -0.2) is 36.4 Å². The van der Waals surface area contributed by atoms with Crippen LogP contribution in [-0.2, 0) is 9.53 Å². The molecule has 0 heterocycles. The van der Waals surface area contributed by atoms with Crippen LogP contribution in [0, 0.1) is 11.8 Å². The van der Waals surface area contributed by atoms with E-state index in [1.165, 1.54) is 25.7 Å². The molecule has 4 nitrogen and oxygen atoms in total. The lowest BCUT2D eigenvalue weighted by molar-refractivity contribution is -0.151. The minimum absolute atomic E-state index is 0.00921. The Kier molecular flexibility index (Phi) is 5.85. The first-order valence-electron chi connectivity index (χ1n) is 8.23. The highest BCUT2D eigenvalue weighted by atomic mass is 16.5. The Balaban J connectivity index is 1.66. The lowest BCUT2D eigenvalue weighted by Gasteiger charge is -2.35. The normalized spacial score (nSPS) is 31.4. The quantitative estimate of drug-likeness (QED) is 0.734. The minimum Gasteiger partial charge on any atom is -0.466 e. The highest BCUT2D eigenvalue weighted by Crippen LogP contribution is 2.32. The van der Waals surface area contributed by atoms with Crippen molar-refractivity contribution >= 4 is 5.97 Å². The molecule has 2 aliphatic carbocycles. The van der Waals surface area contributed by atoms with Crippen LogP contribution in [0.1, 0.15) is 58.3 Å². The SMILES string of the molecule is CCOC(=O)C1CCC(O)(CNCC2CCCC2)CC1. The van der Waals surface area contributed by atoms with Crippen LogP contribution in [0.25, 0.3) is 0 Å². The highest BCUT2D eigenvalue weighted by molar-refractivity contribution is 5.72. The molecule has 0 spiro atoms. The molecule has 20 heavy (non-hydrogen) atoms. The molecule has 2 N–H and O–H groups in total. The molecule has 0 aromatic heterocycles. The number of hydrogen-bond acceptors (Lipinski definition) is 4. The number of ether oxygens (including phenoxy) is 1. The zero-order valence-corrected chi connectivity index (χ0v) is 12.7. The van der Waals surface area contributed by atoms with Crippen molar-refractivity contribution in [3.8, 4) is 0 Å². The second kappa shape index (κ2) is 7.41. The summed E-state index contributed by atoms with van der Waals surface area (Å²) in [7, 11) is 0. The predicted molar refractivity (Wildman–Crippen MR) is 78.4 cm³/mol. The van der Waals surface area contributed by atoms with Crippen molar-refractivity contribution in [2.75, 3.05) is 19.7 Å². The maximum absolute atomic E-state index is 11.7. The fourth-order valence-electron chi connectivity index (χ4n) is 3.55. The van der Waals surface area contributed by atoms with Gasteiger partial charge in [-0.1, -0.05) is 12.8 Å². The van der Waals surface area contributed by atoms with Crippen LogP contribution >= 0.6 is 0 Å². The fourth-order valence-corrected chi connectivity index (χ4v) is 3.55. The molecule has 0 amide bonds. The summed E-state index contributed by atoms with van der Waals surface area (Å²) in [5, 5.41) is 14.0. The summed E-state index contributed by atoms with van der Waals surface area (Å²) in [6.45, 7) is 3.98. The standard InChI is InChI=1S/C16H29NO3/c1-2-20-15(18)14-7-9-16(19,10-8-14)12-17-11-13-5-3-4-6-13/h13-14,17,19H,2-12H2,1H3. The topological polar surface area (TPSA) is 58.6 Å². The van der Waals surface area contributed by atoms with Crippen LogP contribution in [0.5, 0.6) is 0 Å². The van der Waals surface area contributed by atoms with Crippen molar-refractivity contribution in [1.29, 1.82) is 0 Å². The summed E-state index contributed by atoms with van der Waals surface area (Å²) in [6.07, 6.45) is 8.28. The summed E-state index contributed by atoms with van der Waals surface area (Å²) in [6, 6.07) is 0. The van der Waals surface area contributed by atoms with Gasteiger partial charge in [-0.05, 0) is 57.9 Å². The average Bonchev–Trinajstić information content (AvgIpc) is 2.93. The number of esters is 1. The monoisotopic (exact) mass is 283 g/mol. The van der Waals surface area contributed by atoms with Crippen LogP contribution in [0.15, 0.2) is 0 Å². The van der Waals surface area contributed by atoms with Gasteiger partial charge in [0.2, 0.25) is 0 Å². The maximum Gasteiger partial charge on any atom is 0.308 e. The Morgan fingerprint density at radius 3 is 2.50 bits per heavy atom. The van der Waals surface area contributed by atoms with E-state index in [0.29, 0.717) is 26.0 Å². The van der Waals surface area contributed by atoms with E-state index >= 15 is 0 Å². The fraction of sp³-hybridized carbons (Fsp3) is 0.938. The minimum atomic E-state index is -0.623.